The van der Waals surface area contributed by atoms with Gasteiger partial charge < -0.3 is 5.21 Å². The first-order valence-corrected chi connectivity index (χ1v) is 6.44. The molecule has 0 N–H and O–H groups in total. The summed E-state index contributed by atoms with van der Waals surface area (Å²) in [6, 6.07) is 1.54. The molecule has 2 heterocycles. The first-order chi connectivity index (χ1) is 9.55. The van der Waals surface area contributed by atoms with Crippen LogP contribution in [-0.2, 0) is 13.2 Å². The SMILES string of the molecule is C.Cc1cc(Cl)c(C)[n+]([O-])c1-c1nn(C)c(C(F)(F)F)c1C. The van der Waals surface area contributed by atoms with Crippen molar-refractivity contribution in [3.8, 4) is 11.4 Å². The topological polar surface area (TPSA) is 44.8 Å². The Morgan fingerprint density at radius 1 is 1.27 bits per heavy atom. The molecule has 0 saturated heterocycles. The summed E-state index contributed by atoms with van der Waals surface area (Å²) in [4.78, 5) is 0. The summed E-state index contributed by atoms with van der Waals surface area (Å²) in [6.07, 6.45) is -4.53. The van der Waals surface area contributed by atoms with Crippen molar-refractivity contribution in [1.82, 2.24) is 9.78 Å². The lowest BCUT2D eigenvalue weighted by molar-refractivity contribution is -0.601. The van der Waals surface area contributed by atoms with E-state index in [1.165, 1.54) is 20.9 Å². The van der Waals surface area contributed by atoms with Crippen LogP contribution in [0.5, 0.6) is 0 Å². The van der Waals surface area contributed by atoms with E-state index in [1.807, 2.05) is 0 Å². The molecule has 0 bridgehead atoms. The number of halogens is 4. The van der Waals surface area contributed by atoms with Gasteiger partial charge in [-0.1, -0.05) is 19.0 Å². The molecule has 2 rings (SSSR count). The minimum absolute atomic E-state index is 0. The van der Waals surface area contributed by atoms with Crippen LogP contribution >= 0.6 is 11.6 Å². The monoisotopic (exact) mass is 335 g/mol. The quantitative estimate of drug-likeness (QED) is 0.585. The van der Waals surface area contributed by atoms with Crippen LogP contribution in [0.25, 0.3) is 11.4 Å². The minimum Gasteiger partial charge on any atom is -0.618 e. The third-order valence-corrected chi connectivity index (χ3v) is 3.73. The van der Waals surface area contributed by atoms with E-state index in [4.69, 9.17) is 11.6 Å². The highest BCUT2D eigenvalue weighted by Gasteiger charge is 2.39. The van der Waals surface area contributed by atoms with Gasteiger partial charge in [0.15, 0.2) is 5.69 Å². The van der Waals surface area contributed by atoms with Gasteiger partial charge >= 0.3 is 6.18 Å². The summed E-state index contributed by atoms with van der Waals surface area (Å²) in [6.45, 7) is 4.41. The molecule has 2 aromatic heterocycles. The maximum Gasteiger partial charge on any atom is 0.433 e. The van der Waals surface area contributed by atoms with Crippen LogP contribution in [0.1, 0.15) is 29.9 Å². The molecule has 0 aliphatic rings. The van der Waals surface area contributed by atoms with Crippen molar-refractivity contribution < 1.29 is 17.9 Å². The minimum atomic E-state index is -4.53. The van der Waals surface area contributed by atoms with Crippen molar-refractivity contribution in [2.24, 2.45) is 7.05 Å². The average molecular weight is 336 g/mol. The van der Waals surface area contributed by atoms with Crippen LogP contribution in [0.3, 0.4) is 0 Å². The molecule has 4 nitrogen and oxygen atoms in total. The maximum atomic E-state index is 13.0. The van der Waals surface area contributed by atoms with Gasteiger partial charge in [0.1, 0.15) is 10.7 Å². The molecule has 8 heteroatoms. The van der Waals surface area contributed by atoms with Gasteiger partial charge in [0, 0.05) is 25.1 Å². The highest BCUT2D eigenvalue weighted by Crippen LogP contribution is 2.36. The molecule has 122 valence electrons. The number of alkyl halides is 3. The standard InChI is InChI=1S/C13H13ClF3N3O.CH4/c1-6-5-9(14)8(3)20(21)11(6)10-7(2)12(13(15,16)17)19(4)18-10;/h5H,1-4H3;1H4. The van der Waals surface area contributed by atoms with Crippen molar-refractivity contribution in [3.05, 3.63) is 38.8 Å². The van der Waals surface area contributed by atoms with E-state index in [-0.39, 0.29) is 35.1 Å². The summed E-state index contributed by atoms with van der Waals surface area (Å²) >= 11 is 5.90. The molecule has 0 radical (unpaired) electrons. The molecule has 22 heavy (non-hydrogen) atoms. The Labute approximate surface area is 131 Å². The maximum absolute atomic E-state index is 13.0. The lowest BCUT2D eigenvalue weighted by Gasteiger charge is -2.10. The lowest BCUT2D eigenvalue weighted by atomic mass is 10.1. The van der Waals surface area contributed by atoms with E-state index in [1.54, 1.807) is 13.0 Å². The Hall–Kier alpha value is -1.76. The zero-order valence-corrected chi connectivity index (χ0v) is 12.6. The molecular formula is C14H17ClF3N3O. The zero-order chi connectivity index (χ0) is 16.1. The third-order valence-electron chi connectivity index (χ3n) is 3.35. The fourth-order valence-corrected chi connectivity index (χ4v) is 2.56. The number of aromatic nitrogens is 3. The Balaban J connectivity index is 0.00000242. The predicted octanol–water partition coefficient (Wildman–Crippen LogP) is 3.95. The van der Waals surface area contributed by atoms with Crippen LogP contribution in [-0.4, -0.2) is 9.78 Å². The molecule has 2 aromatic rings. The summed E-state index contributed by atoms with van der Waals surface area (Å²) in [5, 5.41) is 16.4. The van der Waals surface area contributed by atoms with Gasteiger partial charge in [0.05, 0.1) is 0 Å². The Bertz CT molecular complexity index is 723. The van der Waals surface area contributed by atoms with E-state index in [0.717, 1.165) is 4.68 Å². The second-order valence-corrected chi connectivity index (χ2v) is 5.25. The summed E-state index contributed by atoms with van der Waals surface area (Å²) in [5.74, 6) is 0. The van der Waals surface area contributed by atoms with Crippen molar-refractivity contribution in [3.63, 3.8) is 0 Å². The van der Waals surface area contributed by atoms with Crippen LogP contribution in [0, 0.1) is 26.0 Å². The number of hydrogen-bond acceptors (Lipinski definition) is 2. The first-order valence-electron chi connectivity index (χ1n) is 6.06. The van der Waals surface area contributed by atoms with Crippen LogP contribution in [0.15, 0.2) is 6.07 Å². The van der Waals surface area contributed by atoms with Crippen molar-refractivity contribution in [2.75, 3.05) is 0 Å². The smallest absolute Gasteiger partial charge is 0.433 e. The first kappa shape index (κ1) is 18.3. The van der Waals surface area contributed by atoms with Crippen molar-refractivity contribution in [1.29, 1.82) is 0 Å². The van der Waals surface area contributed by atoms with Gasteiger partial charge in [-0.15, -0.1) is 0 Å². The molecule has 0 aliphatic heterocycles. The molecule has 0 fully saturated rings. The molecule has 0 spiro atoms. The van der Waals surface area contributed by atoms with E-state index in [9.17, 15) is 18.4 Å². The van der Waals surface area contributed by atoms with E-state index in [0.29, 0.717) is 10.3 Å². The van der Waals surface area contributed by atoms with Gasteiger partial charge in [-0.25, -0.2) is 0 Å². The zero-order valence-electron chi connectivity index (χ0n) is 11.8. The fraction of sp³-hybridized carbons (Fsp3) is 0.429. The molecular weight excluding hydrogens is 319 g/mol. The summed E-state index contributed by atoms with van der Waals surface area (Å²) < 4.78 is 40.3. The summed E-state index contributed by atoms with van der Waals surface area (Å²) in [7, 11) is 1.20. The fourth-order valence-electron chi connectivity index (χ4n) is 2.32. The van der Waals surface area contributed by atoms with Crippen molar-refractivity contribution >= 4 is 11.6 Å². The molecule has 0 amide bonds. The predicted molar refractivity (Wildman–Crippen MR) is 78.6 cm³/mol. The van der Waals surface area contributed by atoms with Crippen LogP contribution in [0.2, 0.25) is 5.02 Å². The van der Waals surface area contributed by atoms with Crippen LogP contribution < -0.4 is 4.73 Å². The summed E-state index contributed by atoms with van der Waals surface area (Å²) in [5.41, 5.74) is -0.173. The van der Waals surface area contributed by atoms with Crippen molar-refractivity contribution in [2.45, 2.75) is 34.4 Å². The number of pyridine rings is 1. The normalized spacial score (nSPS) is 11.5. The molecule has 0 unspecified atom stereocenters. The highest BCUT2D eigenvalue weighted by molar-refractivity contribution is 6.31. The largest absolute Gasteiger partial charge is 0.618 e. The number of hydrogen-bond donors (Lipinski definition) is 0. The van der Waals surface area contributed by atoms with Gasteiger partial charge in [0.2, 0.25) is 11.4 Å². The number of nitrogens with zero attached hydrogens (tertiary/aromatic N) is 3. The molecule has 0 atom stereocenters. The molecule has 0 aliphatic carbocycles. The van der Waals surface area contributed by atoms with Gasteiger partial charge in [0.25, 0.3) is 0 Å². The Morgan fingerprint density at radius 2 is 1.82 bits per heavy atom. The number of aryl methyl sites for hydroxylation is 2. The van der Waals surface area contributed by atoms with E-state index < -0.39 is 11.9 Å². The van der Waals surface area contributed by atoms with Gasteiger partial charge in [-0.3, -0.25) is 4.68 Å². The van der Waals surface area contributed by atoms with Gasteiger partial charge in [-0.05, 0) is 19.9 Å². The lowest BCUT2D eigenvalue weighted by Crippen LogP contribution is -2.34. The van der Waals surface area contributed by atoms with E-state index in [2.05, 4.69) is 5.10 Å². The third kappa shape index (κ3) is 2.77. The van der Waals surface area contributed by atoms with Gasteiger partial charge in [-0.2, -0.15) is 23.0 Å². The van der Waals surface area contributed by atoms with Crippen LogP contribution in [0.4, 0.5) is 13.2 Å². The molecule has 0 aromatic carbocycles. The Morgan fingerprint density at radius 3 is 2.27 bits per heavy atom. The van der Waals surface area contributed by atoms with E-state index >= 15 is 0 Å². The average Bonchev–Trinajstić information content (AvgIpc) is 2.61. The second-order valence-electron chi connectivity index (χ2n) is 4.85. The number of rotatable bonds is 1. The highest BCUT2D eigenvalue weighted by atomic mass is 35.5. The Kier molecular flexibility index (Phi) is 4.82. The second kappa shape index (κ2) is 5.79. The molecule has 0 saturated carbocycles.